The molecule has 1 amide bonds. The largest absolute Gasteiger partial charge is 0.340 e. The number of anilines is 3. The predicted molar refractivity (Wildman–Crippen MR) is 91.8 cm³/mol. The van der Waals surface area contributed by atoms with Crippen LogP contribution in [0.25, 0.3) is 0 Å². The second-order valence-electron chi connectivity index (χ2n) is 5.66. The van der Waals surface area contributed by atoms with Gasteiger partial charge in [-0.15, -0.1) is 0 Å². The van der Waals surface area contributed by atoms with E-state index in [0.29, 0.717) is 28.9 Å². The van der Waals surface area contributed by atoms with Gasteiger partial charge in [-0.05, 0) is 48.7 Å². The smallest absolute Gasteiger partial charge is 0.224 e. The van der Waals surface area contributed by atoms with Gasteiger partial charge in [-0.1, -0.05) is 25.4 Å². The molecule has 0 aliphatic carbocycles. The van der Waals surface area contributed by atoms with Crippen LogP contribution < -0.4 is 10.6 Å². The number of hydrogen-bond donors (Lipinski definition) is 2. The number of halogens is 1. The first-order valence-corrected chi connectivity index (χ1v) is 7.61. The molecule has 0 bridgehead atoms. The molecular weight excluding hydrogens is 298 g/mol. The van der Waals surface area contributed by atoms with Crippen LogP contribution in [0.15, 0.2) is 36.5 Å². The Morgan fingerprint density at radius 2 is 2.05 bits per heavy atom. The lowest BCUT2D eigenvalue weighted by atomic mass is 10.1. The Morgan fingerprint density at radius 1 is 1.27 bits per heavy atom. The Bertz CT molecular complexity index is 653. The lowest BCUT2D eigenvalue weighted by Gasteiger charge is -2.10. The summed E-state index contributed by atoms with van der Waals surface area (Å²) in [6.07, 6.45) is 2.15. The van der Waals surface area contributed by atoms with Crippen molar-refractivity contribution in [1.29, 1.82) is 0 Å². The van der Waals surface area contributed by atoms with Crippen molar-refractivity contribution >= 4 is 34.7 Å². The van der Waals surface area contributed by atoms with Crippen molar-refractivity contribution in [1.82, 2.24) is 4.98 Å². The van der Waals surface area contributed by atoms with Gasteiger partial charge in [0.1, 0.15) is 5.82 Å². The van der Waals surface area contributed by atoms with Gasteiger partial charge >= 0.3 is 0 Å². The first-order valence-electron chi connectivity index (χ1n) is 7.23. The van der Waals surface area contributed by atoms with Gasteiger partial charge in [0, 0.05) is 17.1 Å². The molecule has 0 fully saturated rings. The second-order valence-corrected chi connectivity index (χ2v) is 6.10. The zero-order chi connectivity index (χ0) is 16.1. The maximum atomic E-state index is 11.7. The zero-order valence-electron chi connectivity index (χ0n) is 13.0. The molecular formula is C17H20ClN3O. The van der Waals surface area contributed by atoms with Crippen molar-refractivity contribution in [3.63, 3.8) is 0 Å². The van der Waals surface area contributed by atoms with E-state index < -0.39 is 0 Å². The van der Waals surface area contributed by atoms with Crippen LogP contribution in [0.2, 0.25) is 5.02 Å². The molecule has 0 radical (unpaired) electrons. The Kier molecular flexibility index (Phi) is 5.39. The summed E-state index contributed by atoms with van der Waals surface area (Å²) in [5.74, 6) is 1.06. The van der Waals surface area contributed by atoms with Crippen LogP contribution in [-0.4, -0.2) is 10.9 Å². The Balaban J connectivity index is 2.01. The molecule has 0 unspecified atom stereocenters. The number of nitrogens with zero attached hydrogens (tertiary/aromatic N) is 1. The molecule has 2 N–H and O–H groups in total. The first-order chi connectivity index (χ1) is 10.4. The lowest BCUT2D eigenvalue weighted by molar-refractivity contribution is -0.116. The third kappa shape index (κ3) is 4.74. The van der Waals surface area contributed by atoms with Crippen LogP contribution in [-0.2, 0) is 4.79 Å². The van der Waals surface area contributed by atoms with Crippen LogP contribution in [0.1, 0.15) is 25.8 Å². The van der Waals surface area contributed by atoms with Gasteiger partial charge in [0.05, 0.1) is 11.9 Å². The van der Waals surface area contributed by atoms with Crippen molar-refractivity contribution in [2.75, 3.05) is 10.6 Å². The SMILES string of the molecule is Cc1cc(Cl)ccc1Nc1ccc(NC(=O)CC(C)C)cn1. The van der Waals surface area contributed by atoms with E-state index in [0.717, 1.165) is 11.3 Å². The standard InChI is InChI=1S/C17H20ClN3O/c1-11(2)8-17(22)20-14-5-7-16(19-10-14)21-15-6-4-13(18)9-12(15)3/h4-7,9-11H,8H2,1-3H3,(H,19,21)(H,20,22). The van der Waals surface area contributed by atoms with Gasteiger partial charge in [0.2, 0.25) is 5.91 Å². The number of amides is 1. The average molecular weight is 318 g/mol. The fraction of sp³-hybridized carbons (Fsp3) is 0.294. The molecule has 4 nitrogen and oxygen atoms in total. The Labute approximate surface area is 135 Å². The minimum Gasteiger partial charge on any atom is -0.340 e. The Hall–Kier alpha value is -2.07. The number of benzene rings is 1. The summed E-state index contributed by atoms with van der Waals surface area (Å²) >= 11 is 5.94. The van der Waals surface area contributed by atoms with Crippen LogP contribution >= 0.6 is 11.6 Å². The molecule has 0 aliphatic rings. The van der Waals surface area contributed by atoms with Crippen molar-refractivity contribution in [2.24, 2.45) is 5.92 Å². The zero-order valence-corrected chi connectivity index (χ0v) is 13.7. The van der Waals surface area contributed by atoms with E-state index in [4.69, 9.17) is 11.6 Å². The van der Waals surface area contributed by atoms with Gasteiger partial charge < -0.3 is 10.6 Å². The van der Waals surface area contributed by atoms with Gasteiger partial charge in [-0.3, -0.25) is 4.79 Å². The normalized spacial score (nSPS) is 10.6. The molecule has 22 heavy (non-hydrogen) atoms. The summed E-state index contributed by atoms with van der Waals surface area (Å²) in [6.45, 7) is 6.01. The van der Waals surface area contributed by atoms with Gasteiger partial charge in [-0.25, -0.2) is 4.98 Å². The number of hydrogen-bond acceptors (Lipinski definition) is 3. The summed E-state index contributed by atoms with van der Waals surface area (Å²) in [5, 5.41) is 6.77. The molecule has 5 heteroatoms. The molecule has 0 aliphatic heterocycles. The van der Waals surface area contributed by atoms with E-state index in [1.165, 1.54) is 0 Å². The molecule has 2 rings (SSSR count). The molecule has 0 atom stereocenters. The van der Waals surface area contributed by atoms with E-state index in [-0.39, 0.29) is 5.91 Å². The molecule has 2 aromatic rings. The van der Waals surface area contributed by atoms with E-state index in [1.54, 1.807) is 6.20 Å². The second kappa shape index (κ2) is 7.27. The third-order valence-corrected chi connectivity index (χ3v) is 3.33. The highest BCUT2D eigenvalue weighted by molar-refractivity contribution is 6.30. The number of pyridine rings is 1. The van der Waals surface area contributed by atoms with Crippen molar-refractivity contribution in [3.05, 3.63) is 47.1 Å². The Morgan fingerprint density at radius 3 is 2.64 bits per heavy atom. The van der Waals surface area contributed by atoms with Gasteiger partial charge in [-0.2, -0.15) is 0 Å². The molecule has 0 saturated heterocycles. The average Bonchev–Trinajstić information content (AvgIpc) is 2.43. The minimum absolute atomic E-state index is 0.00561. The lowest BCUT2D eigenvalue weighted by Crippen LogP contribution is -2.13. The molecule has 116 valence electrons. The van der Waals surface area contributed by atoms with Crippen LogP contribution in [0, 0.1) is 12.8 Å². The van der Waals surface area contributed by atoms with Crippen LogP contribution in [0.5, 0.6) is 0 Å². The van der Waals surface area contributed by atoms with E-state index in [2.05, 4.69) is 15.6 Å². The summed E-state index contributed by atoms with van der Waals surface area (Å²) < 4.78 is 0. The van der Waals surface area contributed by atoms with E-state index in [1.807, 2.05) is 51.1 Å². The summed E-state index contributed by atoms with van der Waals surface area (Å²) in [4.78, 5) is 16.0. The first kappa shape index (κ1) is 16.3. The summed E-state index contributed by atoms with van der Waals surface area (Å²) in [6, 6.07) is 9.30. The molecule has 1 aromatic carbocycles. The van der Waals surface area contributed by atoms with Gasteiger partial charge in [0.15, 0.2) is 0 Å². The number of aryl methyl sites for hydroxylation is 1. The summed E-state index contributed by atoms with van der Waals surface area (Å²) in [5.41, 5.74) is 2.70. The predicted octanol–water partition coefficient (Wildman–Crippen LogP) is 4.77. The number of carbonyl (C=O) groups is 1. The number of carbonyl (C=O) groups excluding carboxylic acids is 1. The number of rotatable bonds is 5. The highest BCUT2D eigenvalue weighted by Gasteiger charge is 2.06. The van der Waals surface area contributed by atoms with E-state index >= 15 is 0 Å². The van der Waals surface area contributed by atoms with Crippen molar-refractivity contribution in [3.8, 4) is 0 Å². The highest BCUT2D eigenvalue weighted by atomic mass is 35.5. The maximum Gasteiger partial charge on any atom is 0.224 e. The van der Waals surface area contributed by atoms with Gasteiger partial charge in [0.25, 0.3) is 0 Å². The van der Waals surface area contributed by atoms with Crippen molar-refractivity contribution < 1.29 is 4.79 Å². The topological polar surface area (TPSA) is 54.0 Å². The van der Waals surface area contributed by atoms with Crippen LogP contribution in [0.3, 0.4) is 0 Å². The third-order valence-electron chi connectivity index (χ3n) is 3.09. The van der Waals surface area contributed by atoms with Crippen LogP contribution in [0.4, 0.5) is 17.2 Å². The van der Waals surface area contributed by atoms with E-state index in [9.17, 15) is 4.79 Å². The molecule has 0 spiro atoms. The fourth-order valence-corrected chi connectivity index (χ4v) is 2.26. The maximum absolute atomic E-state index is 11.7. The fourth-order valence-electron chi connectivity index (χ4n) is 2.03. The molecule has 1 heterocycles. The molecule has 1 aromatic heterocycles. The minimum atomic E-state index is 0.00561. The monoisotopic (exact) mass is 317 g/mol. The highest BCUT2D eigenvalue weighted by Crippen LogP contribution is 2.23. The number of aromatic nitrogens is 1. The molecule has 0 saturated carbocycles. The quantitative estimate of drug-likeness (QED) is 0.835. The number of nitrogens with one attached hydrogen (secondary N) is 2. The summed E-state index contributed by atoms with van der Waals surface area (Å²) in [7, 11) is 0. The van der Waals surface area contributed by atoms with Crippen molar-refractivity contribution in [2.45, 2.75) is 27.2 Å².